The smallest absolute Gasteiger partial charge is 0.120 e. The van der Waals surface area contributed by atoms with Crippen molar-refractivity contribution in [3.8, 4) is 0 Å². The second kappa shape index (κ2) is 2.48. The Hall–Kier alpha value is -0.370. The lowest BCUT2D eigenvalue weighted by atomic mass is 9.77. The van der Waals surface area contributed by atoms with Crippen molar-refractivity contribution in [2.24, 2.45) is 0 Å². The molecule has 1 fully saturated rings. The van der Waals surface area contributed by atoms with Crippen LogP contribution in [0.5, 0.6) is 0 Å². The molecule has 0 atom stereocenters. The largest absolute Gasteiger partial charge is 0.390 e. The van der Waals surface area contributed by atoms with Crippen molar-refractivity contribution in [1.82, 2.24) is 0 Å². The third-order valence-corrected chi connectivity index (χ3v) is 2.01. The van der Waals surface area contributed by atoms with Gasteiger partial charge in [-0.05, 0) is 25.7 Å². The molecule has 0 radical (unpaired) electrons. The Balaban J connectivity index is 2.16. The summed E-state index contributed by atoms with van der Waals surface area (Å²) in [6.07, 6.45) is 4.94. The van der Waals surface area contributed by atoms with Crippen molar-refractivity contribution in [2.45, 2.75) is 37.7 Å². The van der Waals surface area contributed by atoms with Gasteiger partial charge in [0.25, 0.3) is 0 Å². The maximum atomic E-state index is 9.88. The minimum Gasteiger partial charge on any atom is -0.390 e. The third kappa shape index (κ3) is 1.52. The van der Waals surface area contributed by atoms with Crippen LogP contribution in [0.4, 0.5) is 0 Å². The average molecular weight is 128 g/mol. The summed E-state index contributed by atoms with van der Waals surface area (Å²) in [7, 11) is 0. The Bertz CT molecular complexity index is 105. The SMILES string of the molecule is O=CCCC1(O)CCC1. The summed E-state index contributed by atoms with van der Waals surface area (Å²) in [6.45, 7) is 0. The van der Waals surface area contributed by atoms with Crippen LogP contribution in [-0.2, 0) is 4.79 Å². The van der Waals surface area contributed by atoms with Gasteiger partial charge in [-0.2, -0.15) is 0 Å². The Kier molecular flexibility index (Phi) is 1.86. The molecular formula is C7H12O2. The van der Waals surface area contributed by atoms with Crippen LogP contribution in [-0.4, -0.2) is 17.0 Å². The summed E-state index contributed by atoms with van der Waals surface area (Å²) in [5.74, 6) is 0. The van der Waals surface area contributed by atoms with Crippen LogP contribution in [0.15, 0.2) is 0 Å². The number of carbonyl (C=O) groups excluding carboxylic acids is 1. The van der Waals surface area contributed by atoms with E-state index in [1.165, 1.54) is 0 Å². The maximum absolute atomic E-state index is 9.88. The van der Waals surface area contributed by atoms with Gasteiger partial charge >= 0.3 is 0 Å². The van der Waals surface area contributed by atoms with Crippen molar-refractivity contribution in [3.05, 3.63) is 0 Å². The first-order valence-electron chi connectivity index (χ1n) is 3.43. The van der Waals surface area contributed by atoms with Crippen LogP contribution < -0.4 is 0 Å². The van der Waals surface area contributed by atoms with Crippen molar-refractivity contribution in [3.63, 3.8) is 0 Å². The van der Waals surface area contributed by atoms with Gasteiger partial charge in [-0.3, -0.25) is 0 Å². The number of carbonyl (C=O) groups is 1. The van der Waals surface area contributed by atoms with Gasteiger partial charge in [-0.15, -0.1) is 0 Å². The van der Waals surface area contributed by atoms with Crippen LogP contribution in [0.25, 0.3) is 0 Å². The molecule has 9 heavy (non-hydrogen) atoms. The highest BCUT2D eigenvalue weighted by Crippen LogP contribution is 2.34. The third-order valence-electron chi connectivity index (χ3n) is 2.01. The lowest BCUT2D eigenvalue weighted by Crippen LogP contribution is -2.36. The average Bonchev–Trinajstić information content (AvgIpc) is 1.79. The monoisotopic (exact) mass is 128 g/mol. The van der Waals surface area contributed by atoms with E-state index in [-0.39, 0.29) is 0 Å². The van der Waals surface area contributed by atoms with E-state index >= 15 is 0 Å². The minimum absolute atomic E-state index is 0.457. The molecule has 0 aromatic carbocycles. The molecule has 0 spiro atoms. The summed E-state index contributed by atoms with van der Waals surface area (Å²) in [5, 5.41) is 9.38. The molecule has 1 rings (SSSR count). The van der Waals surface area contributed by atoms with Gasteiger partial charge in [0.05, 0.1) is 5.60 Å². The molecule has 0 aliphatic heterocycles. The fourth-order valence-electron chi connectivity index (χ4n) is 1.16. The van der Waals surface area contributed by atoms with Crippen molar-refractivity contribution >= 4 is 6.29 Å². The van der Waals surface area contributed by atoms with Crippen LogP contribution in [0.3, 0.4) is 0 Å². The standard InChI is InChI=1S/C7H12O2/c8-6-2-5-7(9)3-1-4-7/h6,9H,1-5H2. The zero-order valence-corrected chi connectivity index (χ0v) is 5.47. The van der Waals surface area contributed by atoms with E-state index in [0.717, 1.165) is 25.5 Å². The number of hydrogen-bond donors (Lipinski definition) is 1. The number of rotatable bonds is 3. The summed E-state index contributed by atoms with van der Waals surface area (Å²) in [4.78, 5) is 9.88. The Morgan fingerprint density at radius 3 is 2.56 bits per heavy atom. The van der Waals surface area contributed by atoms with E-state index in [4.69, 9.17) is 0 Å². The lowest BCUT2D eigenvalue weighted by molar-refractivity contribution is -0.110. The molecule has 2 heteroatoms. The van der Waals surface area contributed by atoms with Gasteiger partial charge in [0.1, 0.15) is 6.29 Å². The molecule has 0 amide bonds. The molecule has 1 N–H and O–H groups in total. The summed E-state index contributed by atoms with van der Waals surface area (Å²) >= 11 is 0. The second-order valence-electron chi connectivity index (χ2n) is 2.78. The van der Waals surface area contributed by atoms with Gasteiger partial charge in [0.2, 0.25) is 0 Å². The molecule has 0 saturated heterocycles. The van der Waals surface area contributed by atoms with E-state index in [9.17, 15) is 9.90 Å². The fourth-order valence-corrected chi connectivity index (χ4v) is 1.16. The predicted octanol–water partition coefficient (Wildman–Crippen LogP) is 0.881. The molecule has 1 saturated carbocycles. The van der Waals surface area contributed by atoms with E-state index < -0.39 is 5.60 Å². The summed E-state index contributed by atoms with van der Waals surface area (Å²) < 4.78 is 0. The van der Waals surface area contributed by atoms with E-state index in [2.05, 4.69) is 0 Å². The molecule has 1 aliphatic rings. The first-order chi connectivity index (χ1) is 4.27. The van der Waals surface area contributed by atoms with Gasteiger partial charge in [0.15, 0.2) is 0 Å². The lowest BCUT2D eigenvalue weighted by Gasteiger charge is -2.36. The van der Waals surface area contributed by atoms with Crippen molar-refractivity contribution in [1.29, 1.82) is 0 Å². The number of hydrogen-bond acceptors (Lipinski definition) is 2. The topological polar surface area (TPSA) is 37.3 Å². The molecule has 0 heterocycles. The molecule has 0 aromatic rings. The molecule has 0 aromatic heterocycles. The van der Waals surface area contributed by atoms with Gasteiger partial charge in [-0.25, -0.2) is 0 Å². The molecule has 0 unspecified atom stereocenters. The predicted molar refractivity (Wildman–Crippen MR) is 34.1 cm³/mol. The van der Waals surface area contributed by atoms with E-state index in [1.807, 2.05) is 0 Å². The summed E-state index contributed by atoms with van der Waals surface area (Å²) in [5.41, 5.74) is -0.457. The quantitative estimate of drug-likeness (QED) is 0.573. The summed E-state index contributed by atoms with van der Waals surface area (Å²) in [6, 6.07) is 0. The van der Waals surface area contributed by atoms with Gasteiger partial charge in [-0.1, -0.05) is 0 Å². The first-order valence-corrected chi connectivity index (χ1v) is 3.43. The number of aliphatic hydroxyl groups is 1. The minimum atomic E-state index is -0.457. The highest BCUT2D eigenvalue weighted by molar-refractivity contribution is 5.49. The molecule has 2 nitrogen and oxygen atoms in total. The maximum Gasteiger partial charge on any atom is 0.120 e. The van der Waals surface area contributed by atoms with Crippen LogP contribution in [0.1, 0.15) is 32.1 Å². The zero-order chi connectivity index (χ0) is 6.74. The fraction of sp³-hybridized carbons (Fsp3) is 0.857. The van der Waals surface area contributed by atoms with Gasteiger partial charge in [0, 0.05) is 6.42 Å². The Morgan fingerprint density at radius 2 is 2.22 bits per heavy atom. The Labute approximate surface area is 54.9 Å². The molecular weight excluding hydrogens is 116 g/mol. The van der Waals surface area contributed by atoms with Gasteiger partial charge < -0.3 is 9.90 Å². The normalized spacial score (nSPS) is 22.8. The van der Waals surface area contributed by atoms with Crippen LogP contribution in [0, 0.1) is 0 Å². The highest BCUT2D eigenvalue weighted by atomic mass is 16.3. The van der Waals surface area contributed by atoms with Crippen molar-refractivity contribution in [2.75, 3.05) is 0 Å². The van der Waals surface area contributed by atoms with Crippen molar-refractivity contribution < 1.29 is 9.90 Å². The van der Waals surface area contributed by atoms with Crippen LogP contribution >= 0.6 is 0 Å². The number of aldehydes is 1. The first kappa shape index (κ1) is 6.75. The van der Waals surface area contributed by atoms with Crippen LogP contribution in [0.2, 0.25) is 0 Å². The Morgan fingerprint density at radius 1 is 1.56 bits per heavy atom. The molecule has 0 bridgehead atoms. The highest BCUT2D eigenvalue weighted by Gasteiger charge is 2.33. The van der Waals surface area contributed by atoms with E-state index in [0.29, 0.717) is 12.8 Å². The van der Waals surface area contributed by atoms with E-state index in [1.54, 1.807) is 0 Å². The molecule has 1 aliphatic carbocycles. The zero-order valence-electron chi connectivity index (χ0n) is 5.47. The molecule has 52 valence electrons. The second-order valence-corrected chi connectivity index (χ2v) is 2.78.